The van der Waals surface area contributed by atoms with E-state index in [2.05, 4.69) is 10.2 Å². The molecule has 0 radical (unpaired) electrons. The maximum atomic E-state index is 9.06. The first-order chi connectivity index (χ1) is 5.70. The van der Waals surface area contributed by atoms with Crippen molar-refractivity contribution in [2.75, 3.05) is 27.2 Å². The summed E-state index contributed by atoms with van der Waals surface area (Å²) in [6.45, 7) is 2.01. The van der Waals surface area contributed by atoms with E-state index in [1.807, 2.05) is 7.05 Å². The molecule has 1 amide bonds. The molecule has 1 fully saturated rings. The Labute approximate surface area is 73.6 Å². The highest BCUT2D eigenvalue weighted by Gasteiger charge is 2.12. The number of aliphatic hydroxyl groups is 1. The minimum atomic E-state index is -0.0613. The Hall–Kier alpha value is -0.610. The number of hydrogen-bond acceptors (Lipinski definition) is 3. The fraction of sp³-hybridized carbons (Fsp3) is 0.875. The highest BCUT2D eigenvalue weighted by Crippen LogP contribution is 2.06. The van der Waals surface area contributed by atoms with Gasteiger partial charge in [0.1, 0.15) is 0 Å². The molecule has 4 nitrogen and oxygen atoms in total. The molecule has 1 aliphatic heterocycles. The van der Waals surface area contributed by atoms with Crippen LogP contribution in [0, 0.1) is 0 Å². The predicted octanol–water partition coefficient (Wildman–Crippen LogP) is -0.565. The van der Waals surface area contributed by atoms with Crippen LogP contribution >= 0.6 is 0 Å². The Balaban J connectivity index is 0.000000261. The van der Waals surface area contributed by atoms with Crippen LogP contribution < -0.4 is 5.32 Å². The van der Waals surface area contributed by atoms with Gasteiger partial charge in [-0.05, 0) is 26.4 Å². The molecule has 0 aliphatic carbocycles. The Bertz CT molecular complexity index is 112. The topological polar surface area (TPSA) is 52.6 Å². The maximum Gasteiger partial charge on any atom is 0.206 e. The van der Waals surface area contributed by atoms with Crippen molar-refractivity contribution in [1.29, 1.82) is 0 Å². The first-order valence-corrected chi connectivity index (χ1v) is 4.18. The van der Waals surface area contributed by atoms with Gasteiger partial charge in [-0.1, -0.05) is 0 Å². The number of carbonyl (C=O) groups excluding carboxylic acids is 1. The Morgan fingerprint density at radius 3 is 2.50 bits per heavy atom. The average molecular weight is 174 g/mol. The maximum absolute atomic E-state index is 9.06. The van der Waals surface area contributed by atoms with Crippen LogP contribution in [0.15, 0.2) is 0 Å². The van der Waals surface area contributed by atoms with Gasteiger partial charge in [0.2, 0.25) is 6.41 Å². The average Bonchev–Trinajstić information content (AvgIpc) is 2.04. The van der Waals surface area contributed by atoms with Gasteiger partial charge in [-0.3, -0.25) is 4.79 Å². The zero-order valence-electron chi connectivity index (χ0n) is 7.79. The summed E-state index contributed by atoms with van der Waals surface area (Å²) >= 11 is 0. The lowest BCUT2D eigenvalue weighted by molar-refractivity contribution is -0.109. The molecule has 0 saturated carbocycles. The highest BCUT2D eigenvalue weighted by molar-refractivity contribution is 5.44. The standard InChI is InChI=1S/C6H13NO.C2H5NO/c1-7-4-2-3-6(8)5-7;1-3-2-4/h6,8H,2-5H2,1H3;2H,1H3,(H,3,4). The van der Waals surface area contributed by atoms with E-state index in [1.54, 1.807) is 7.05 Å². The van der Waals surface area contributed by atoms with Crippen LogP contribution in [0.2, 0.25) is 0 Å². The molecule has 12 heavy (non-hydrogen) atoms. The molecule has 0 aromatic heterocycles. The molecule has 1 unspecified atom stereocenters. The van der Waals surface area contributed by atoms with Crippen LogP contribution in [-0.4, -0.2) is 49.7 Å². The smallest absolute Gasteiger partial charge is 0.206 e. The second-order valence-electron chi connectivity index (χ2n) is 2.96. The normalized spacial score (nSPS) is 23.8. The zero-order chi connectivity index (χ0) is 9.40. The number of β-amino-alcohol motifs (C(OH)–C–C–N with tert-alkyl or cyclic N) is 1. The third kappa shape index (κ3) is 6.12. The molecule has 2 N–H and O–H groups in total. The first kappa shape index (κ1) is 11.4. The summed E-state index contributed by atoms with van der Waals surface area (Å²) < 4.78 is 0. The number of amides is 1. The highest BCUT2D eigenvalue weighted by atomic mass is 16.3. The van der Waals surface area contributed by atoms with Crippen molar-refractivity contribution in [3.05, 3.63) is 0 Å². The van der Waals surface area contributed by atoms with E-state index in [1.165, 1.54) is 0 Å². The monoisotopic (exact) mass is 174 g/mol. The lowest BCUT2D eigenvalue weighted by atomic mass is 10.1. The summed E-state index contributed by atoms with van der Waals surface area (Å²) in [6.07, 6.45) is 2.70. The van der Waals surface area contributed by atoms with Crippen molar-refractivity contribution in [3.63, 3.8) is 0 Å². The molecule has 72 valence electrons. The Morgan fingerprint density at radius 2 is 2.25 bits per heavy atom. The van der Waals surface area contributed by atoms with Gasteiger partial charge >= 0.3 is 0 Å². The Morgan fingerprint density at radius 1 is 1.67 bits per heavy atom. The third-order valence-corrected chi connectivity index (χ3v) is 1.72. The van der Waals surface area contributed by atoms with Crippen LogP contribution in [0.5, 0.6) is 0 Å². The number of aliphatic hydroxyl groups excluding tert-OH is 1. The molecular weight excluding hydrogens is 156 g/mol. The molecule has 1 aliphatic rings. The van der Waals surface area contributed by atoms with E-state index in [4.69, 9.17) is 9.90 Å². The summed E-state index contributed by atoms with van der Waals surface area (Å²) in [5.74, 6) is 0. The van der Waals surface area contributed by atoms with E-state index in [0.717, 1.165) is 25.9 Å². The van der Waals surface area contributed by atoms with E-state index in [-0.39, 0.29) is 6.10 Å². The molecule has 4 heteroatoms. The quantitative estimate of drug-likeness (QED) is 0.524. The Kier molecular flexibility index (Phi) is 6.70. The van der Waals surface area contributed by atoms with Crippen molar-refractivity contribution in [3.8, 4) is 0 Å². The zero-order valence-corrected chi connectivity index (χ0v) is 7.79. The van der Waals surface area contributed by atoms with Crippen LogP contribution in [0.25, 0.3) is 0 Å². The van der Waals surface area contributed by atoms with E-state index in [0.29, 0.717) is 6.41 Å². The lowest BCUT2D eigenvalue weighted by Gasteiger charge is -2.25. The van der Waals surface area contributed by atoms with Crippen molar-refractivity contribution in [2.45, 2.75) is 18.9 Å². The van der Waals surface area contributed by atoms with Crippen molar-refractivity contribution < 1.29 is 9.90 Å². The first-order valence-electron chi connectivity index (χ1n) is 4.18. The predicted molar refractivity (Wildman–Crippen MR) is 47.9 cm³/mol. The van der Waals surface area contributed by atoms with E-state index >= 15 is 0 Å². The molecule has 1 atom stereocenters. The fourth-order valence-electron chi connectivity index (χ4n) is 1.14. The number of hydrogen-bond donors (Lipinski definition) is 2. The number of nitrogens with one attached hydrogen (secondary N) is 1. The van der Waals surface area contributed by atoms with Gasteiger partial charge in [0, 0.05) is 13.6 Å². The minimum absolute atomic E-state index is 0.0613. The molecule has 1 saturated heterocycles. The van der Waals surface area contributed by atoms with Gasteiger partial charge in [-0.25, -0.2) is 0 Å². The summed E-state index contributed by atoms with van der Waals surface area (Å²) in [6, 6.07) is 0. The second kappa shape index (κ2) is 7.06. The molecule has 1 heterocycles. The van der Waals surface area contributed by atoms with Gasteiger partial charge < -0.3 is 15.3 Å². The number of carbonyl (C=O) groups is 1. The molecule has 0 spiro atoms. The van der Waals surface area contributed by atoms with Gasteiger partial charge in [-0.15, -0.1) is 0 Å². The molecule has 0 aromatic carbocycles. The summed E-state index contributed by atoms with van der Waals surface area (Å²) in [7, 11) is 3.61. The molecule has 0 aromatic rings. The fourth-order valence-corrected chi connectivity index (χ4v) is 1.14. The largest absolute Gasteiger partial charge is 0.392 e. The lowest BCUT2D eigenvalue weighted by Crippen LogP contribution is -2.34. The molecular formula is C8H18N2O2. The third-order valence-electron chi connectivity index (χ3n) is 1.72. The second-order valence-corrected chi connectivity index (χ2v) is 2.96. The molecule has 1 rings (SSSR count). The number of piperidine rings is 1. The van der Waals surface area contributed by atoms with E-state index < -0.39 is 0 Å². The van der Waals surface area contributed by atoms with Gasteiger partial charge in [0.15, 0.2) is 0 Å². The van der Waals surface area contributed by atoms with Gasteiger partial charge in [0.05, 0.1) is 6.10 Å². The number of nitrogens with zero attached hydrogens (tertiary/aromatic N) is 1. The van der Waals surface area contributed by atoms with Crippen LogP contribution in [0.1, 0.15) is 12.8 Å². The van der Waals surface area contributed by atoms with Crippen molar-refractivity contribution in [1.82, 2.24) is 10.2 Å². The summed E-state index contributed by atoms with van der Waals surface area (Å²) in [5, 5.41) is 11.3. The molecule has 0 bridgehead atoms. The van der Waals surface area contributed by atoms with Crippen LogP contribution in [-0.2, 0) is 4.79 Å². The van der Waals surface area contributed by atoms with E-state index in [9.17, 15) is 0 Å². The summed E-state index contributed by atoms with van der Waals surface area (Å²) in [4.78, 5) is 11.2. The number of likely N-dealkylation sites (tertiary alicyclic amines) is 1. The van der Waals surface area contributed by atoms with Crippen LogP contribution in [0.3, 0.4) is 0 Å². The number of likely N-dealkylation sites (N-methyl/N-ethyl adjacent to an activating group) is 1. The van der Waals surface area contributed by atoms with Crippen LogP contribution in [0.4, 0.5) is 0 Å². The minimum Gasteiger partial charge on any atom is -0.392 e. The van der Waals surface area contributed by atoms with Crippen molar-refractivity contribution >= 4 is 6.41 Å². The van der Waals surface area contributed by atoms with Crippen molar-refractivity contribution in [2.24, 2.45) is 0 Å². The van der Waals surface area contributed by atoms with Gasteiger partial charge in [0.25, 0.3) is 0 Å². The van der Waals surface area contributed by atoms with Gasteiger partial charge in [-0.2, -0.15) is 0 Å². The summed E-state index contributed by atoms with van der Waals surface area (Å²) in [5.41, 5.74) is 0. The number of rotatable bonds is 1. The SMILES string of the molecule is CN1CCCC(O)C1.CNC=O.